The zero-order chi connectivity index (χ0) is 33.3. The third-order valence-corrected chi connectivity index (χ3v) is 8.19. The highest BCUT2D eigenvalue weighted by Crippen LogP contribution is 2.33. The Morgan fingerprint density at radius 1 is 0.378 bits per heavy atom. The fraction of sp³-hybridized carbons (Fsp3) is 1.00. The van der Waals surface area contributed by atoms with E-state index in [1.807, 2.05) is 0 Å². The lowest BCUT2D eigenvalue weighted by Crippen LogP contribution is -2.67. The maximum atomic E-state index is 11.0. The summed E-state index contributed by atoms with van der Waals surface area (Å²) in [6.45, 7) is -3.14. The smallest absolute Gasteiger partial charge is 0.187 e. The van der Waals surface area contributed by atoms with E-state index in [4.69, 9.17) is 33.2 Å². The highest BCUT2D eigenvalue weighted by atomic mass is 16.8. The number of hydrogen-bond donors (Lipinski definition) is 14. The van der Waals surface area contributed by atoms with E-state index in [1.54, 1.807) is 0 Å². The molecule has 0 radical (unpaired) electrons. The van der Waals surface area contributed by atoms with Gasteiger partial charge in [0, 0.05) is 0 Å². The van der Waals surface area contributed by atoms with Crippen LogP contribution in [0, 0.1) is 0 Å². The van der Waals surface area contributed by atoms with Crippen molar-refractivity contribution in [1.29, 1.82) is 0 Å². The van der Waals surface area contributed by atoms with E-state index in [2.05, 4.69) is 0 Å². The molecule has 4 aliphatic rings. The Hall–Kier alpha value is -0.840. The summed E-state index contributed by atoms with van der Waals surface area (Å²) in [5, 5.41) is 142. The molecule has 4 saturated heterocycles. The molecule has 0 aromatic rings. The number of ether oxygens (including phenoxy) is 7. The van der Waals surface area contributed by atoms with Gasteiger partial charge in [-0.1, -0.05) is 0 Å². The zero-order valence-corrected chi connectivity index (χ0v) is 23.5. The van der Waals surface area contributed by atoms with E-state index in [9.17, 15) is 71.5 Å². The molecule has 0 bridgehead atoms. The SMILES string of the molecule is OCC1O[C@@H](O[C@@H]2C(O)[C@H](O)OC(CO[C@@H]3OC(CO)[C@@H](O)C(O)[C@@H]3O)[C@H]2O)C(O)C(O[C@@H]2OC(CO)[C@@H](O)[C@H](O)C2O)[C@@H]1O. The van der Waals surface area contributed by atoms with Crippen molar-refractivity contribution >= 4 is 0 Å². The van der Waals surface area contributed by atoms with Crippen LogP contribution in [0.4, 0.5) is 0 Å². The molecular formula is C24H42O21. The van der Waals surface area contributed by atoms with Gasteiger partial charge in [0.05, 0.1) is 26.4 Å². The third-order valence-electron chi connectivity index (χ3n) is 8.19. The molecule has 4 rings (SSSR count). The molecule has 9 unspecified atom stereocenters. The minimum atomic E-state index is -2.04. The molecule has 264 valence electrons. The molecule has 0 spiro atoms. The first-order valence-corrected chi connectivity index (χ1v) is 14.1. The van der Waals surface area contributed by atoms with Crippen molar-refractivity contribution < 1.29 is 105 Å². The number of rotatable bonds is 10. The maximum Gasteiger partial charge on any atom is 0.187 e. The third kappa shape index (κ3) is 7.59. The second-order valence-electron chi connectivity index (χ2n) is 11.2. The average molecular weight is 667 g/mol. The summed E-state index contributed by atoms with van der Waals surface area (Å²) >= 11 is 0. The van der Waals surface area contributed by atoms with Crippen molar-refractivity contribution in [2.45, 2.75) is 123 Å². The first kappa shape index (κ1) is 37.0. The summed E-state index contributed by atoms with van der Waals surface area (Å²) in [5.41, 5.74) is 0. The van der Waals surface area contributed by atoms with Crippen LogP contribution in [0.2, 0.25) is 0 Å². The fourth-order valence-electron chi connectivity index (χ4n) is 5.43. The van der Waals surface area contributed by atoms with Crippen molar-refractivity contribution in [3.63, 3.8) is 0 Å². The summed E-state index contributed by atoms with van der Waals surface area (Å²) in [6, 6.07) is 0. The van der Waals surface area contributed by atoms with Gasteiger partial charge < -0.3 is 105 Å². The van der Waals surface area contributed by atoms with Crippen LogP contribution >= 0.6 is 0 Å². The maximum absolute atomic E-state index is 11.0. The van der Waals surface area contributed by atoms with E-state index in [0.717, 1.165) is 0 Å². The van der Waals surface area contributed by atoms with Gasteiger partial charge in [-0.3, -0.25) is 0 Å². The van der Waals surface area contributed by atoms with Gasteiger partial charge in [-0.2, -0.15) is 0 Å². The van der Waals surface area contributed by atoms with E-state index in [-0.39, 0.29) is 0 Å². The lowest BCUT2D eigenvalue weighted by Gasteiger charge is -2.48. The Bertz CT molecular complexity index is 914. The summed E-state index contributed by atoms with van der Waals surface area (Å²) < 4.78 is 37.4. The Morgan fingerprint density at radius 2 is 0.778 bits per heavy atom. The first-order chi connectivity index (χ1) is 21.2. The quantitative estimate of drug-likeness (QED) is 0.103. The van der Waals surface area contributed by atoms with Crippen LogP contribution < -0.4 is 0 Å². The van der Waals surface area contributed by atoms with Gasteiger partial charge in [-0.05, 0) is 0 Å². The molecule has 0 aromatic heterocycles. The lowest BCUT2D eigenvalue weighted by molar-refractivity contribution is -0.381. The van der Waals surface area contributed by atoms with E-state index < -0.39 is 149 Å². The second kappa shape index (κ2) is 15.6. The van der Waals surface area contributed by atoms with Crippen LogP contribution in [0.1, 0.15) is 0 Å². The highest BCUT2D eigenvalue weighted by molar-refractivity contribution is 4.97. The van der Waals surface area contributed by atoms with Gasteiger partial charge in [-0.25, -0.2) is 0 Å². The van der Waals surface area contributed by atoms with Gasteiger partial charge in [0.15, 0.2) is 25.2 Å². The van der Waals surface area contributed by atoms with Gasteiger partial charge in [0.25, 0.3) is 0 Å². The summed E-state index contributed by atoms with van der Waals surface area (Å²) in [4.78, 5) is 0. The predicted molar refractivity (Wildman–Crippen MR) is 134 cm³/mol. The molecule has 21 heteroatoms. The Kier molecular flexibility index (Phi) is 12.8. The fourth-order valence-corrected chi connectivity index (χ4v) is 5.43. The first-order valence-electron chi connectivity index (χ1n) is 14.1. The Morgan fingerprint density at radius 3 is 1.29 bits per heavy atom. The van der Waals surface area contributed by atoms with Crippen molar-refractivity contribution in [3.05, 3.63) is 0 Å². The minimum absolute atomic E-state index is 0.692. The monoisotopic (exact) mass is 666 g/mol. The molecule has 0 saturated carbocycles. The molecule has 14 N–H and O–H groups in total. The molecule has 4 heterocycles. The van der Waals surface area contributed by atoms with Gasteiger partial charge in [0.1, 0.15) is 97.7 Å². The van der Waals surface area contributed by atoms with Crippen LogP contribution in [0.15, 0.2) is 0 Å². The van der Waals surface area contributed by atoms with E-state index in [1.165, 1.54) is 0 Å². The summed E-state index contributed by atoms with van der Waals surface area (Å²) in [7, 11) is 0. The van der Waals surface area contributed by atoms with Crippen LogP contribution in [0.25, 0.3) is 0 Å². The van der Waals surface area contributed by atoms with E-state index >= 15 is 0 Å². The molecule has 0 aromatic carbocycles. The van der Waals surface area contributed by atoms with Crippen molar-refractivity contribution in [1.82, 2.24) is 0 Å². The van der Waals surface area contributed by atoms with Gasteiger partial charge >= 0.3 is 0 Å². The van der Waals surface area contributed by atoms with Crippen LogP contribution in [-0.4, -0.2) is 221 Å². The molecule has 21 nitrogen and oxygen atoms in total. The molecule has 4 fully saturated rings. The number of hydrogen-bond acceptors (Lipinski definition) is 21. The zero-order valence-electron chi connectivity index (χ0n) is 23.5. The average Bonchev–Trinajstić information content (AvgIpc) is 3.02. The summed E-state index contributed by atoms with van der Waals surface area (Å²) in [5.74, 6) is 0. The molecule has 0 aliphatic carbocycles. The topological polar surface area (TPSA) is 348 Å². The van der Waals surface area contributed by atoms with Crippen LogP contribution in [0.3, 0.4) is 0 Å². The minimum Gasteiger partial charge on any atom is -0.394 e. The molecular weight excluding hydrogens is 624 g/mol. The summed E-state index contributed by atoms with van der Waals surface area (Å²) in [6.07, 6.45) is -35.4. The van der Waals surface area contributed by atoms with Crippen molar-refractivity contribution in [2.24, 2.45) is 0 Å². The number of aliphatic hydroxyl groups is 14. The highest BCUT2D eigenvalue weighted by Gasteiger charge is 2.54. The Labute approximate surface area is 254 Å². The van der Waals surface area contributed by atoms with Crippen LogP contribution in [-0.2, 0) is 33.2 Å². The lowest BCUT2D eigenvalue weighted by atomic mass is 9.96. The normalized spacial score (nSPS) is 52.9. The molecule has 45 heavy (non-hydrogen) atoms. The number of aliphatic hydroxyl groups excluding tert-OH is 14. The van der Waals surface area contributed by atoms with Crippen LogP contribution in [0.5, 0.6) is 0 Å². The van der Waals surface area contributed by atoms with Crippen molar-refractivity contribution in [2.75, 3.05) is 26.4 Å². The Balaban J connectivity index is 1.45. The largest absolute Gasteiger partial charge is 0.394 e. The standard InChI is InChI=1S/C24H42O21/c25-1-5-9(28)13(32)15(34)22(41-5)39-4-8-12(31)19(17(36)21(38)40-8)44-24-18(37)20(11(30)7(3-27)43-24)45-23-16(35)14(33)10(29)6(2-26)42-23/h5-38H,1-4H2/t5?,6?,7?,8?,9-,10-,11-,12-,13?,14+,15+,16?,17?,18?,19+,20?,21-,22-,23+,24+/m1/s1. The van der Waals surface area contributed by atoms with Gasteiger partial charge in [-0.15, -0.1) is 0 Å². The van der Waals surface area contributed by atoms with Gasteiger partial charge in [0.2, 0.25) is 0 Å². The molecule has 20 atom stereocenters. The van der Waals surface area contributed by atoms with E-state index in [0.29, 0.717) is 0 Å². The predicted octanol–water partition coefficient (Wildman–Crippen LogP) is -9.75. The van der Waals surface area contributed by atoms with Crippen molar-refractivity contribution in [3.8, 4) is 0 Å². The second-order valence-corrected chi connectivity index (χ2v) is 11.2. The molecule has 4 aliphatic heterocycles. The molecule has 0 amide bonds.